The molecular formula is C24H23N5O3. The monoisotopic (exact) mass is 429 g/mol. The number of nitrogens with two attached hydrogens (primary N) is 1. The molecule has 0 saturated carbocycles. The molecule has 8 nitrogen and oxygen atoms in total. The van der Waals surface area contributed by atoms with E-state index in [1.54, 1.807) is 48.5 Å². The highest BCUT2D eigenvalue weighted by molar-refractivity contribution is 6.01. The number of aromatic amines is 1. The third-order valence-corrected chi connectivity index (χ3v) is 5.39. The van der Waals surface area contributed by atoms with Crippen molar-refractivity contribution < 1.29 is 14.7 Å². The molecule has 0 aliphatic rings. The lowest BCUT2D eigenvalue weighted by molar-refractivity contribution is -0.145. The molecule has 1 heterocycles. The number of amides is 1. The van der Waals surface area contributed by atoms with Crippen LogP contribution in [-0.2, 0) is 22.4 Å². The smallest absolute Gasteiger partial charge is 0.345 e. The normalized spacial score (nSPS) is 12.9. The number of fused-ring (bicyclic) bond motifs is 1. The van der Waals surface area contributed by atoms with Crippen molar-refractivity contribution in [2.24, 2.45) is 5.73 Å². The number of anilines is 1. The second-order valence-corrected chi connectivity index (χ2v) is 7.56. The van der Waals surface area contributed by atoms with Gasteiger partial charge in [0.1, 0.15) is 11.0 Å². The van der Waals surface area contributed by atoms with Gasteiger partial charge in [0.2, 0.25) is 5.91 Å². The summed E-state index contributed by atoms with van der Waals surface area (Å²) in [6, 6.07) is 23.5. The van der Waals surface area contributed by atoms with Gasteiger partial charge in [0.25, 0.3) is 0 Å². The number of aryl methyl sites for hydroxylation is 1. The van der Waals surface area contributed by atoms with E-state index in [4.69, 9.17) is 5.73 Å². The van der Waals surface area contributed by atoms with Crippen LogP contribution in [0.2, 0.25) is 0 Å². The van der Waals surface area contributed by atoms with Gasteiger partial charge in [-0.25, -0.2) is 4.79 Å². The summed E-state index contributed by atoms with van der Waals surface area (Å²) in [5.41, 5.74) is 7.60. The first-order valence-corrected chi connectivity index (χ1v) is 10.2. The van der Waals surface area contributed by atoms with Gasteiger partial charge in [-0.15, -0.1) is 0 Å². The predicted molar refractivity (Wildman–Crippen MR) is 121 cm³/mol. The molecule has 0 saturated heterocycles. The number of carbonyl (C=O) groups is 2. The molecule has 8 heteroatoms. The van der Waals surface area contributed by atoms with Crippen LogP contribution in [0.15, 0.2) is 78.9 Å². The lowest BCUT2D eigenvalue weighted by atomic mass is 9.95. The van der Waals surface area contributed by atoms with Gasteiger partial charge in [-0.3, -0.25) is 15.4 Å². The number of rotatable bonds is 8. The number of carboxylic acid groups (broad SMARTS) is 1. The van der Waals surface area contributed by atoms with E-state index in [1.165, 1.54) is 4.90 Å². The molecule has 162 valence electrons. The zero-order chi connectivity index (χ0) is 22.6. The van der Waals surface area contributed by atoms with Crippen LogP contribution in [0.1, 0.15) is 17.5 Å². The van der Waals surface area contributed by atoms with Gasteiger partial charge >= 0.3 is 5.97 Å². The largest absolute Gasteiger partial charge is 0.478 e. The van der Waals surface area contributed by atoms with Crippen molar-refractivity contribution in [2.75, 3.05) is 4.90 Å². The Labute approximate surface area is 184 Å². The zero-order valence-corrected chi connectivity index (χ0v) is 17.3. The van der Waals surface area contributed by atoms with Crippen molar-refractivity contribution in [1.82, 2.24) is 15.4 Å². The van der Waals surface area contributed by atoms with E-state index in [0.29, 0.717) is 28.7 Å². The lowest BCUT2D eigenvalue weighted by Crippen LogP contribution is -2.65. The van der Waals surface area contributed by atoms with E-state index < -0.39 is 11.6 Å². The summed E-state index contributed by atoms with van der Waals surface area (Å²) < 4.78 is 0. The molecule has 32 heavy (non-hydrogen) atoms. The van der Waals surface area contributed by atoms with Crippen molar-refractivity contribution >= 4 is 28.6 Å². The van der Waals surface area contributed by atoms with E-state index in [0.717, 1.165) is 5.56 Å². The number of nitrogens with one attached hydrogen (secondary N) is 1. The van der Waals surface area contributed by atoms with Gasteiger partial charge < -0.3 is 5.11 Å². The van der Waals surface area contributed by atoms with Crippen molar-refractivity contribution in [3.8, 4) is 0 Å². The number of para-hydroxylation sites is 2. The molecule has 4 rings (SSSR count). The average Bonchev–Trinajstić information content (AvgIpc) is 3.29. The Morgan fingerprint density at radius 3 is 2.31 bits per heavy atom. The number of aromatic nitrogens is 3. The molecule has 0 spiro atoms. The standard InChI is InChI=1S/C24H23N5O3/c25-24(23(31)32,16-18-10-7-13-20-22(18)27-28-26-20)29(19-11-5-2-6-12-19)21(30)15-14-17-8-3-1-4-9-17/h1-13H,14-16,25H2,(H,31,32)(H,26,27,28)/t24-/m0/s1. The number of hydrogen-bond acceptors (Lipinski definition) is 5. The Kier molecular flexibility index (Phi) is 5.96. The second kappa shape index (κ2) is 8.99. The van der Waals surface area contributed by atoms with Crippen LogP contribution in [0.4, 0.5) is 5.69 Å². The molecule has 1 atom stereocenters. The Hall–Kier alpha value is -4.04. The molecule has 0 aliphatic heterocycles. The fourth-order valence-corrected chi connectivity index (χ4v) is 3.79. The number of carbonyl (C=O) groups excluding carboxylic acids is 1. The third-order valence-electron chi connectivity index (χ3n) is 5.39. The molecule has 0 bridgehead atoms. The number of hydrogen-bond donors (Lipinski definition) is 3. The lowest BCUT2D eigenvalue weighted by Gasteiger charge is -2.38. The molecule has 1 amide bonds. The fraction of sp³-hybridized carbons (Fsp3) is 0.167. The number of benzene rings is 3. The molecule has 0 aliphatic carbocycles. The minimum atomic E-state index is -2.03. The Bertz CT molecular complexity index is 1230. The van der Waals surface area contributed by atoms with Crippen molar-refractivity contribution in [3.63, 3.8) is 0 Å². The molecule has 0 fully saturated rings. The molecule has 1 aromatic heterocycles. The van der Waals surface area contributed by atoms with E-state index in [1.807, 2.05) is 30.3 Å². The van der Waals surface area contributed by atoms with E-state index in [2.05, 4.69) is 15.4 Å². The zero-order valence-electron chi connectivity index (χ0n) is 17.3. The van der Waals surface area contributed by atoms with Crippen molar-refractivity contribution in [2.45, 2.75) is 24.9 Å². The maximum absolute atomic E-state index is 13.4. The maximum atomic E-state index is 13.4. The first-order valence-electron chi connectivity index (χ1n) is 10.2. The highest BCUT2D eigenvalue weighted by atomic mass is 16.4. The van der Waals surface area contributed by atoms with E-state index >= 15 is 0 Å². The predicted octanol–water partition coefficient (Wildman–Crippen LogP) is 2.91. The first kappa shape index (κ1) is 21.2. The van der Waals surface area contributed by atoms with Crippen LogP contribution in [0.3, 0.4) is 0 Å². The van der Waals surface area contributed by atoms with Crippen molar-refractivity contribution in [3.05, 3.63) is 90.0 Å². The first-order chi connectivity index (χ1) is 15.5. The summed E-state index contributed by atoms with van der Waals surface area (Å²) in [6.07, 6.45) is 0.440. The van der Waals surface area contributed by atoms with E-state index in [-0.39, 0.29) is 18.7 Å². The van der Waals surface area contributed by atoms with Gasteiger partial charge in [0.05, 0.1) is 0 Å². The highest BCUT2D eigenvalue weighted by Crippen LogP contribution is 2.28. The van der Waals surface area contributed by atoms with Crippen LogP contribution in [0.25, 0.3) is 11.0 Å². The summed E-state index contributed by atoms with van der Waals surface area (Å²) in [6.45, 7) is 0. The van der Waals surface area contributed by atoms with Gasteiger partial charge in [-0.1, -0.05) is 60.7 Å². The SMILES string of the molecule is N[C@](Cc1cccc2n[nH]nc12)(C(=O)O)N(C(=O)CCc1ccccc1)c1ccccc1. The quantitative estimate of drug-likeness (QED) is 0.370. The Morgan fingerprint density at radius 1 is 0.938 bits per heavy atom. The molecular weight excluding hydrogens is 406 g/mol. The van der Waals surface area contributed by atoms with Gasteiger partial charge in [0, 0.05) is 18.5 Å². The number of H-pyrrole nitrogens is 1. The number of carboxylic acids is 1. The Morgan fingerprint density at radius 2 is 1.62 bits per heavy atom. The third kappa shape index (κ3) is 4.21. The number of aliphatic carboxylic acids is 1. The summed E-state index contributed by atoms with van der Waals surface area (Å²) in [7, 11) is 0. The molecule has 4 aromatic rings. The summed E-state index contributed by atoms with van der Waals surface area (Å²) >= 11 is 0. The van der Waals surface area contributed by atoms with Crippen LogP contribution >= 0.6 is 0 Å². The second-order valence-electron chi connectivity index (χ2n) is 7.56. The number of nitrogens with zero attached hydrogens (tertiary/aromatic N) is 3. The van der Waals surface area contributed by atoms with Crippen LogP contribution in [0.5, 0.6) is 0 Å². The minimum Gasteiger partial charge on any atom is -0.478 e. The molecule has 4 N–H and O–H groups in total. The van der Waals surface area contributed by atoms with Gasteiger partial charge in [0.15, 0.2) is 5.66 Å². The summed E-state index contributed by atoms with van der Waals surface area (Å²) in [4.78, 5) is 27.1. The van der Waals surface area contributed by atoms with Crippen LogP contribution in [0, 0.1) is 0 Å². The fourth-order valence-electron chi connectivity index (χ4n) is 3.79. The summed E-state index contributed by atoms with van der Waals surface area (Å²) in [5, 5.41) is 20.9. The average molecular weight is 429 g/mol. The van der Waals surface area contributed by atoms with Crippen LogP contribution in [-0.4, -0.2) is 38.1 Å². The molecule has 0 unspecified atom stereocenters. The Balaban J connectivity index is 1.72. The van der Waals surface area contributed by atoms with E-state index in [9.17, 15) is 14.7 Å². The minimum absolute atomic E-state index is 0.110. The van der Waals surface area contributed by atoms with Gasteiger partial charge in [-0.2, -0.15) is 15.4 Å². The molecule has 3 aromatic carbocycles. The summed E-state index contributed by atoms with van der Waals surface area (Å²) in [5.74, 6) is -1.69. The highest BCUT2D eigenvalue weighted by Gasteiger charge is 2.44. The maximum Gasteiger partial charge on any atom is 0.345 e. The molecule has 0 radical (unpaired) electrons. The van der Waals surface area contributed by atoms with Crippen LogP contribution < -0.4 is 10.6 Å². The van der Waals surface area contributed by atoms with Gasteiger partial charge in [-0.05, 0) is 35.7 Å². The van der Waals surface area contributed by atoms with Crippen molar-refractivity contribution in [1.29, 1.82) is 0 Å². The topological polar surface area (TPSA) is 125 Å².